The maximum Gasteiger partial charge on any atom is 0.268 e. The van der Waals surface area contributed by atoms with Crippen LogP contribution in [0.3, 0.4) is 0 Å². The molecule has 0 saturated heterocycles. The van der Waals surface area contributed by atoms with Crippen molar-refractivity contribution in [3.63, 3.8) is 0 Å². The zero-order valence-electron chi connectivity index (χ0n) is 22.5. The molecule has 10 nitrogen and oxygen atoms in total. The standard InChI is InChI=1S/C28H31N5O5S2/c1-4-38-23-13-11-22(12-14-23)33(40(35,36)25-18-20(2)10-15-24(25)37-3)19-26(34)29-16-17-39-28-30-27(31-32-28)21-8-6-5-7-9-21/h5-15,18H,4,16-17,19H2,1-3H3,(H,29,34)(H,30,31,32). The van der Waals surface area contributed by atoms with Gasteiger partial charge in [0.2, 0.25) is 11.1 Å². The minimum absolute atomic E-state index is 0.0222. The number of aromatic amines is 1. The van der Waals surface area contributed by atoms with E-state index >= 15 is 0 Å². The van der Waals surface area contributed by atoms with Crippen LogP contribution in [0, 0.1) is 6.92 Å². The number of aryl methyl sites for hydroxylation is 1. The highest BCUT2D eigenvalue weighted by Gasteiger charge is 2.30. The molecule has 0 spiro atoms. The van der Waals surface area contributed by atoms with Gasteiger partial charge >= 0.3 is 0 Å². The van der Waals surface area contributed by atoms with Crippen molar-refractivity contribution in [1.82, 2.24) is 20.5 Å². The number of ether oxygens (including phenoxy) is 2. The van der Waals surface area contributed by atoms with E-state index in [0.29, 0.717) is 41.3 Å². The number of nitrogens with zero attached hydrogens (tertiary/aromatic N) is 3. The minimum atomic E-state index is -4.16. The Hall–Kier alpha value is -4.03. The first kappa shape index (κ1) is 29.0. The van der Waals surface area contributed by atoms with E-state index < -0.39 is 22.5 Å². The van der Waals surface area contributed by atoms with Gasteiger partial charge in [0.25, 0.3) is 10.0 Å². The van der Waals surface area contributed by atoms with Crippen LogP contribution in [-0.4, -0.2) is 62.1 Å². The highest BCUT2D eigenvalue weighted by Crippen LogP contribution is 2.31. The van der Waals surface area contributed by atoms with E-state index in [1.54, 1.807) is 43.3 Å². The Morgan fingerprint density at radius 3 is 2.52 bits per heavy atom. The molecule has 2 N–H and O–H groups in total. The van der Waals surface area contributed by atoms with Crippen LogP contribution >= 0.6 is 11.8 Å². The van der Waals surface area contributed by atoms with Crippen LogP contribution in [0.4, 0.5) is 5.69 Å². The van der Waals surface area contributed by atoms with E-state index in [1.807, 2.05) is 37.3 Å². The SMILES string of the molecule is CCOc1ccc(N(CC(=O)NCCSc2n[nH]c(-c3ccccc3)n2)S(=O)(=O)c2cc(C)ccc2OC)cc1. The summed E-state index contributed by atoms with van der Waals surface area (Å²) in [5.74, 6) is 1.50. The monoisotopic (exact) mass is 581 g/mol. The Balaban J connectivity index is 1.45. The van der Waals surface area contributed by atoms with Crippen molar-refractivity contribution < 1.29 is 22.7 Å². The molecule has 0 radical (unpaired) electrons. The number of nitrogens with one attached hydrogen (secondary N) is 2. The maximum absolute atomic E-state index is 13.9. The van der Waals surface area contributed by atoms with Gasteiger partial charge in [-0.2, -0.15) is 0 Å². The van der Waals surface area contributed by atoms with Crippen molar-refractivity contribution in [2.24, 2.45) is 0 Å². The molecule has 0 bridgehead atoms. The molecule has 0 saturated carbocycles. The molecule has 1 amide bonds. The van der Waals surface area contributed by atoms with Gasteiger partial charge in [0, 0.05) is 17.9 Å². The fraction of sp³-hybridized carbons (Fsp3) is 0.250. The maximum atomic E-state index is 13.9. The zero-order chi connectivity index (χ0) is 28.5. The number of hydrogen-bond acceptors (Lipinski definition) is 8. The number of aromatic nitrogens is 3. The summed E-state index contributed by atoms with van der Waals surface area (Å²) < 4.78 is 39.6. The van der Waals surface area contributed by atoms with Gasteiger partial charge in [-0.25, -0.2) is 13.4 Å². The summed E-state index contributed by atoms with van der Waals surface area (Å²) in [4.78, 5) is 17.4. The second-order valence-corrected chi connectivity index (χ2v) is 11.5. The molecule has 0 aliphatic heterocycles. The van der Waals surface area contributed by atoms with Crippen LogP contribution in [0.5, 0.6) is 11.5 Å². The number of rotatable bonds is 13. The third-order valence-electron chi connectivity index (χ3n) is 5.78. The first-order chi connectivity index (χ1) is 19.3. The number of H-pyrrole nitrogens is 1. The molecular formula is C28H31N5O5S2. The normalized spacial score (nSPS) is 11.2. The van der Waals surface area contributed by atoms with Crippen LogP contribution < -0.4 is 19.1 Å². The van der Waals surface area contributed by atoms with Gasteiger partial charge in [0.1, 0.15) is 22.9 Å². The van der Waals surface area contributed by atoms with Gasteiger partial charge in [-0.1, -0.05) is 48.2 Å². The second kappa shape index (κ2) is 13.4. The number of carbonyl (C=O) groups excluding carboxylic acids is 1. The zero-order valence-corrected chi connectivity index (χ0v) is 24.1. The summed E-state index contributed by atoms with van der Waals surface area (Å²) >= 11 is 1.38. The van der Waals surface area contributed by atoms with Crippen molar-refractivity contribution in [2.45, 2.75) is 23.9 Å². The fourth-order valence-electron chi connectivity index (χ4n) is 3.85. The third-order valence-corrected chi connectivity index (χ3v) is 8.42. The van der Waals surface area contributed by atoms with E-state index in [9.17, 15) is 13.2 Å². The second-order valence-electron chi connectivity index (χ2n) is 8.62. The number of carbonyl (C=O) groups is 1. The lowest BCUT2D eigenvalue weighted by atomic mass is 10.2. The number of anilines is 1. The van der Waals surface area contributed by atoms with Crippen LogP contribution in [0.15, 0.2) is 82.8 Å². The van der Waals surface area contributed by atoms with Crippen LogP contribution in [-0.2, 0) is 14.8 Å². The molecule has 40 heavy (non-hydrogen) atoms. The van der Waals surface area contributed by atoms with Crippen molar-refractivity contribution >= 4 is 33.4 Å². The van der Waals surface area contributed by atoms with Crippen molar-refractivity contribution in [3.05, 3.63) is 78.4 Å². The number of benzene rings is 3. The van der Waals surface area contributed by atoms with Gasteiger partial charge in [-0.15, -0.1) is 5.10 Å². The molecule has 12 heteroatoms. The lowest BCUT2D eigenvalue weighted by Gasteiger charge is -2.25. The van der Waals surface area contributed by atoms with Crippen molar-refractivity contribution in [3.8, 4) is 22.9 Å². The summed E-state index contributed by atoms with van der Waals surface area (Å²) in [5.41, 5.74) is 2.00. The Kier molecular flexibility index (Phi) is 9.67. The molecule has 0 atom stereocenters. The number of amides is 1. The number of thioether (sulfide) groups is 1. The van der Waals surface area contributed by atoms with E-state index in [0.717, 1.165) is 15.4 Å². The van der Waals surface area contributed by atoms with E-state index in [-0.39, 0.29) is 10.6 Å². The molecule has 0 fully saturated rings. The molecule has 0 aliphatic carbocycles. The molecular weight excluding hydrogens is 550 g/mol. The van der Waals surface area contributed by atoms with Gasteiger partial charge in [-0.3, -0.25) is 14.2 Å². The quantitative estimate of drug-likeness (QED) is 0.177. The lowest BCUT2D eigenvalue weighted by molar-refractivity contribution is -0.119. The molecule has 210 valence electrons. The first-order valence-electron chi connectivity index (χ1n) is 12.6. The van der Waals surface area contributed by atoms with Crippen LogP contribution in [0.2, 0.25) is 0 Å². The smallest absolute Gasteiger partial charge is 0.268 e. The van der Waals surface area contributed by atoms with E-state index in [1.165, 1.54) is 24.9 Å². The summed E-state index contributed by atoms with van der Waals surface area (Å²) in [5, 5.41) is 10.5. The average molecular weight is 582 g/mol. The number of sulfonamides is 1. The van der Waals surface area contributed by atoms with Crippen LogP contribution in [0.25, 0.3) is 11.4 Å². The first-order valence-corrected chi connectivity index (χ1v) is 15.0. The van der Waals surface area contributed by atoms with Crippen LogP contribution in [0.1, 0.15) is 12.5 Å². The van der Waals surface area contributed by atoms with Crippen molar-refractivity contribution in [2.75, 3.05) is 36.9 Å². The Bertz CT molecular complexity index is 1530. The summed E-state index contributed by atoms with van der Waals surface area (Å²) in [6.45, 7) is 4.01. The minimum Gasteiger partial charge on any atom is -0.495 e. The molecule has 4 rings (SSSR count). The molecule has 0 aliphatic rings. The van der Waals surface area contributed by atoms with Gasteiger partial charge < -0.3 is 14.8 Å². The fourth-order valence-corrected chi connectivity index (χ4v) is 6.17. The van der Waals surface area contributed by atoms with Crippen molar-refractivity contribution in [1.29, 1.82) is 0 Å². The highest BCUT2D eigenvalue weighted by atomic mass is 32.2. The van der Waals surface area contributed by atoms with E-state index in [2.05, 4.69) is 20.5 Å². The molecule has 1 heterocycles. The Morgan fingerprint density at radius 1 is 1.07 bits per heavy atom. The molecule has 1 aromatic heterocycles. The van der Waals surface area contributed by atoms with Gasteiger partial charge in [0.15, 0.2) is 5.82 Å². The number of hydrogen-bond donors (Lipinski definition) is 2. The highest BCUT2D eigenvalue weighted by molar-refractivity contribution is 7.99. The Morgan fingerprint density at radius 2 is 1.82 bits per heavy atom. The predicted octanol–water partition coefficient (Wildman–Crippen LogP) is 4.29. The third kappa shape index (κ3) is 7.13. The predicted molar refractivity (Wildman–Crippen MR) is 155 cm³/mol. The Labute approximate surface area is 238 Å². The largest absolute Gasteiger partial charge is 0.495 e. The molecule has 0 unspecified atom stereocenters. The average Bonchev–Trinajstić information content (AvgIpc) is 3.44. The summed E-state index contributed by atoms with van der Waals surface area (Å²) in [6, 6.07) is 21.1. The molecule has 3 aromatic carbocycles. The van der Waals surface area contributed by atoms with E-state index in [4.69, 9.17) is 9.47 Å². The number of methoxy groups -OCH3 is 1. The van der Waals surface area contributed by atoms with Gasteiger partial charge in [-0.05, 0) is 55.8 Å². The topological polar surface area (TPSA) is 127 Å². The van der Waals surface area contributed by atoms with Gasteiger partial charge in [0.05, 0.1) is 19.4 Å². The summed E-state index contributed by atoms with van der Waals surface area (Å²) in [6.07, 6.45) is 0. The molecule has 4 aromatic rings. The summed E-state index contributed by atoms with van der Waals surface area (Å²) in [7, 11) is -2.75. The lowest BCUT2D eigenvalue weighted by Crippen LogP contribution is -2.41.